The molecule has 1 aromatic carbocycles. The zero-order valence-corrected chi connectivity index (χ0v) is 10.8. The number of benzene rings is 1. The van der Waals surface area contributed by atoms with Gasteiger partial charge in [0.1, 0.15) is 0 Å². The van der Waals surface area contributed by atoms with Crippen molar-refractivity contribution in [2.75, 3.05) is 5.75 Å². The van der Waals surface area contributed by atoms with Gasteiger partial charge in [-0.05, 0) is 31.0 Å². The maximum absolute atomic E-state index is 11.6. The summed E-state index contributed by atoms with van der Waals surface area (Å²) < 4.78 is 23.2. The van der Waals surface area contributed by atoms with Crippen LogP contribution < -0.4 is 0 Å². The van der Waals surface area contributed by atoms with Crippen LogP contribution in [0, 0.1) is 6.92 Å². The van der Waals surface area contributed by atoms with Crippen molar-refractivity contribution in [2.45, 2.75) is 25.7 Å². The van der Waals surface area contributed by atoms with Crippen molar-refractivity contribution >= 4 is 21.4 Å². The third-order valence-electron chi connectivity index (χ3n) is 2.10. The molecule has 90 valence electrons. The van der Waals surface area contributed by atoms with Gasteiger partial charge in [-0.2, -0.15) is 0 Å². The number of aliphatic hydroxyl groups is 1. The van der Waals surface area contributed by atoms with Crippen LogP contribution in [-0.2, 0) is 15.6 Å². The first kappa shape index (κ1) is 13.5. The van der Waals surface area contributed by atoms with Gasteiger partial charge >= 0.3 is 0 Å². The second kappa shape index (κ2) is 5.17. The molecule has 0 aliphatic heterocycles. The molecule has 3 nitrogen and oxygen atoms in total. The predicted molar refractivity (Wildman–Crippen MR) is 65.4 cm³/mol. The minimum atomic E-state index is -3.26. The Bertz CT molecular complexity index is 466. The molecule has 1 rings (SSSR count). The lowest BCUT2D eigenvalue weighted by atomic mass is 10.2. The van der Waals surface area contributed by atoms with E-state index in [-0.39, 0.29) is 11.5 Å². The van der Waals surface area contributed by atoms with Gasteiger partial charge in [0.15, 0.2) is 9.84 Å². The first-order valence-electron chi connectivity index (χ1n) is 4.94. The first-order valence-corrected chi connectivity index (χ1v) is 7.13. The lowest BCUT2D eigenvalue weighted by Crippen LogP contribution is -2.19. The molecule has 0 spiro atoms. The molecule has 0 bridgehead atoms. The summed E-state index contributed by atoms with van der Waals surface area (Å²) in [4.78, 5) is 0. The first-order chi connectivity index (χ1) is 7.30. The smallest absolute Gasteiger partial charge is 0.156 e. The molecule has 0 amide bonds. The molecule has 0 saturated carbocycles. The minimum Gasteiger partial charge on any atom is -0.392 e. The van der Waals surface area contributed by atoms with Crippen LogP contribution in [0.25, 0.3) is 0 Å². The summed E-state index contributed by atoms with van der Waals surface area (Å²) in [6, 6.07) is 5.13. The Morgan fingerprint density at radius 2 is 2.06 bits per heavy atom. The van der Waals surface area contributed by atoms with E-state index in [0.717, 1.165) is 5.56 Å². The summed E-state index contributed by atoms with van der Waals surface area (Å²) >= 11 is 5.85. The van der Waals surface area contributed by atoms with Crippen molar-refractivity contribution in [1.29, 1.82) is 0 Å². The molecule has 0 radical (unpaired) electrons. The molecule has 0 aliphatic rings. The largest absolute Gasteiger partial charge is 0.392 e. The maximum Gasteiger partial charge on any atom is 0.156 e. The van der Waals surface area contributed by atoms with Crippen LogP contribution in [0.4, 0.5) is 0 Å². The van der Waals surface area contributed by atoms with Gasteiger partial charge in [0.2, 0.25) is 0 Å². The topological polar surface area (TPSA) is 54.4 Å². The van der Waals surface area contributed by atoms with Crippen LogP contribution in [0.1, 0.15) is 18.1 Å². The lowest BCUT2D eigenvalue weighted by Gasteiger charge is -2.07. The highest BCUT2D eigenvalue weighted by atomic mass is 35.5. The highest BCUT2D eigenvalue weighted by Gasteiger charge is 2.15. The Balaban J connectivity index is 2.84. The number of sulfone groups is 1. The molecule has 0 fully saturated rings. The van der Waals surface area contributed by atoms with Crippen LogP contribution >= 0.6 is 11.6 Å². The van der Waals surface area contributed by atoms with Gasteiger partial charge in [0.05, 0.1) is 17.6 Å². The molecule has 1 atom stereocenters. The van der Waals surface area contributed by atoms with E-state index in [1.807, 2.05) is 6.92 Å². The van der Waals surface area contributed by atoms with Crippen molar-refractivity contribution in [3.8, 4) is 0 Å². The van der Waals surface area contributed by atoms with E-state index in [1.54, 1.807) is 18.2 Å². The van der Waals surface area contributed by atoms with E-state index < -0.39 is 15.9 Å². The third kappa shape index (κ3) is 4.12. The molecular formula is C11H15ClO3S. The average Bonchev–Trinajstić information content (AvgIpc) is 2.08. The van der Waals surface area contributed by atoms with Crippen molar-refractivity contribution < 1.29 is 13.5 Å². The number of aryl methyl sites for hydroxylation is 1. The number of hydrogen-bond donors (Lipinski definition) is 1. The van der Waals surface area contributed by atoms with E-state index in [4.69, 9.17) is 16.7 Å². The van der Waals surface area contributed by atoms with Crippen LogP contribution in [0.15, 0.2) is 18.2 Å². The standard InChI is InChI=1S/C11H15ClO3S/c1-8-5-10(3-4-11(8)12)7-16(14,15)6-9(2)13/h3-5,9,13H,6-7H2,1-2H3. The monoisotopic (exact) mass is 262 g/mol. The second-order valence-corrected chi connectivity index (χ2v) is 6.50. The van der Waals surface area contributed by atoms with Crippen LogP contribution in [-0.4, -0.2) is 25.4 Å². The zero-order valence-electron chi connectivity index (χ0n) is 9.27. The zero-order chi connectivity index (χ0) is 12.3. The fourth-order valence-corrected chi connectivity index (χ4v) is 3.13. The number of halogens is 1. The highest BCUT2D eigenvalue weighted by Crippen LogP contribution is 2.18. The van der Waals surface area contributed by atoms with Gasteiger partial charge in [-0.3, -0.25) is 0 Å². The normalized spacial score (nSPS) is 13.8. The minimum absolute atomic E-state index is 0.0596. The SMILES string of the molecule is Cc1cc(CS(=O)(=O)CC(C)O)ccc1Cl. The Morgan fingerprint density at radius 1 is 1.44 bits per heavy atom. The molecule has 1 N–H and O–H groups in total. The number of rotatable bonds is 4. The molecule has 16 heavy (non-hydrogen) atoms. The van der Waals surface area contributed by atoms with Gasteiger partial charge in [0, 0.05) is 5.02 Å². The van der Waals surface area contributed by atoms with Gasteiger partial charge in [-0.15, -0.1) is 0 Å². The predicted octanol–water partition coefficient (Wildman–Crippen LogP) is 1.94. The summed E-state index contributed by atoms with van der Waals surface area (Å²) in [5, 5.41) is 9.69. The molecule has 0 heterocycles. The van der Waals surface area contributed by atoms with Crippen molar-refractivity contribution in [2.24, 2.45) is 0 Å². The van der Waals surface area contributed by atoms with Crippen molar-refractivity contribution in [3.05, 3.63) is 34.3 Å². The van der Waals surface area contributed by atoms with Crippen LogP contribution in [0.2, 0.25) is 5.02 Å². The van der Waals surface area contributed by atoms with E-state index >= 15 is 0 Å². The van der Waals surface area contributed by atoms with E-state index in [1.165, 1.54) is 6.92 Å². The average molecular weight is 263 g/mol. The number of hydrogen-bond acceptors (Lipinski definition) is 3. The molecule has 5 heteroatoms. The molecular weight excluding hydrogens is 248 g/mol. The Hall–Kier alpha value is -0.580. The molecule has 0 saturated heterocycles. The van der Waals surface area contributed by atoms with Crippen LogP contribution in [0.5, 0.6) is 0 Å². The van der Waals surface area contributed by atoms with Crippen molar-refractivity contribution in [1.82, 2.24) is 0 Å². The fraction of sp³-hybridized carbons (Fsp3) is 0.455. The summed E-state index contributed by atoms with van der Waals surface area (Å²) in [5.74, 6) is -0.273. The van der Waals surface area contributed by atoms with Gasteiger partial charge in [0.25, 0.3) is 0 Å². The van der Waals surface area contributed by atoms with Crippen molar-refractivity contribution in [3.63, 3.8) is 0 Å². The third-order valence-corrected chi connectivity index (χ3v) is 4.29. The van der Waals surface area contributed by atoms with Gasteiger partial charge in [-0.25, -0.2) is 8.42 Å². The molecule has 0 aliphatic carbocycles. The Kier molecular flexibility index (Phi) is 4.35. The summed E-state index contributed by atoms with van der Waals surface area (Å²) in [6.45, 7) is 3.29. The maximum atomic E-state index is 11.6. The van der Waals surface area contributed by atoms with E-state index in [9.17, 15) is 8.42 Å². The summed E-state index contributed by atoms with van der Waals surface area (Å²) in [6.07, 6.45) is -0.835. The Morgan fingerprint density at radius 3 is 2.56 bits per heavy atom. The fourth-order valence-electron chi connectivity index (χ4n) is 1.48. The Labute approximate surface area is 101 Å². The highest BCUT2D eigenvalue weighted by molar-refractivity contribution is 7.90. The van der Waals surface area contributed by atoms with E-state index in [0.29, 0.717) is 10.6 Å². The summed E-state index contributed by atoms with van der Waals surface area (Å²) in [7, 11) is -3.26. The molecule has 1 unspecified atom stereocenters. The second-order valence-electron chi connectivity index (χ2n) is 3.99. The summed E-state index contributed by atoms with van der Waals surface area (Å²) in [5.41, 5.74) is 1.55. The molecule has 0 aromatic heterocycles. The van der Waals surface area contributed by atoms with E-state index in [2.05, 4.69) is 0 Å². The van der Waals surface area contributed by atoms with Gasteiger partial charge in [-0.1, -0.05) is 23.7 Å². The van der Waals surface area contributed by atoms with Crippen LogP contribution in [0.3, 0.4) is 0 Å². The quantitative estimate of drug-likeness (QED) is 0.902. The lowest BCUT2D eigenvalue weighted by molar-refractivity contribution is 0.218. The molecule has 1 aromatic rings. The number of aliphatic hydroxyl groups excluding tert-OH is 1. The van der Waals surface area contributed by atoms with Gasteiger partial charge < -0.3 is 5.11 Å².